The molecular formula is C13H24O3. The Morgan fingerprint density at radius 1 is 1.56 bits per heavy atom. The molecule has 2 N–H and O–H groups in total. The van der Waals surface area contributed by atoms with Crippen LogP contribution in [-0.2, 0) is 4.79 Å². The Bertz CT molecular complexity index is 240. The van der Waals surface area contributed by atoms with Crippen LogP contribution in [0.15, 0.2) is 11.6 Å². The molecule has 1 aliphatic carbocycles. The molecule has 0 saturated heterocycles. The van der Waals surface area contributed by atoms with Gasteiger partial charge in [0, 0.05) is 19.4 Å². The molecule has 0 aromatic heterocycles. The molecule has 3 nitrogen and oxygen atoms in total. The quantitative estimate of drug-likeness (QED) is 0.714. The van der Waals surface area contributed by atoms with Crippen molar-refractivity contribution in [2.24, 2.45) is 17.8 Å². The number of carbonyl (C=O) groups is 1. The summed E-state index contributed by atoms with van der Waals surface area (Å²) in [7, 11) is 0. The molecule has 0 radical (unpaired) electrons. The van der Waals surface area contributed by atoms with Crippen molar-refractivity contribution in [2.75, 3.05) is 6.61 Å². The van der Waals surface area contributed by atoms with Gasteiger partial charge in [-0.25, -0.2) is 0 Å². The van der Waals surface area contributed by atoms with Crippen molar-refractivity contribution in [3.8, 4) is 0 Å². The lowest BCUT2D eigenvalue weighted by atomic mass is 9.77. The highest BCUT2D eigenvalue weighted by atomic mass is 16.4. The van der Waals surface area contributed by atoms with E-state index < -0.39 is 5.97 Å². The summed E-state index contributed by atoms with van der Waals surface area (Å²) in [6.45, 7) is 8.09. The zero-order valence-electron chi connectivity index (χ0n) is 10.7. The molecule has 0 saturated carbocycles. The number of aliphatic hydroxyl groups is 1. The van der Waals surface area contributed by atoms with E-state index in [0.29, 0.717) is 12.5 Å². The van der Waals surface area contributed by atoms with Crippen molar-refractivity contribution in [2.45, 2.75) is 40.5 Å². The van der Waals surface area contributed by atoms with Crippen LogP contribution < -0.4 is 0 Å². The standard InChI is InChI=1S/C11H20O.C2H4O2/c1-8(2)10-5-4-9(3)11(6-10)7-12;1-2(3)4/h4,8,10-12H,5-7H2,1-3H3;1H3,(H,3,4). The molecule has 94 valence electrons. The minimum Gasteiger partial charge on any atom is -0.481 e. The van der Waals surface area contributed by atoms with Gasteiger partial charge in [0.25, 0.3) is 5.97 Å². The number of carboxylic acid groups (broad SMARTS) is 1. The number of hydrogen-bond acceptors (Lipinski definition) is 2. The van der Waals surface area contributed by atoms with Gasteiger partial charge in [-0.15, -0.1) is 0 Å². The molecule has 1 aliphatic rings. The summed E-state index contributed by atoms with van der Waals surface area (Å²) in [4.78, 5) is 9.00. The molecule has 0 aromatic carbocycles. The van der Waals surface area contributed by atoms with Crippen molar-refractivity contribution in [3.63, 3.8) is 0 Å². The Kier molecular flexibility index (Phi) is 7.06. The summed E-state index contributed by atoms with van der Waals surface area (Å²) in [5.41, 5.74) is 1.38. The lowest BCUT2D eigenvalue weighted by Crippen LogP contribution is -2.21. The van der Waals surface area contributed by atoms with E-state index in [4.69, 9.17) is 15.0 Å². The van der Waals surface area contributed by atoms with Crippen molar-refractivity contribution >= 4 is 5.97 Å². The van der Waals surface area contributed by atoms with Crippen LogP contribution in [-0.4, -0.2) is 22.8 Å². The molecule has 3 heteroatoms. The summed E-state index contributed by atoms with van der Waals surface area (Å²) in [6.07, 6.45) is 4.69. The van der Waals surface area contributed by atoms with Gasteiger partial charge in [-0.2, -0.15) is 0 Å². The molecule has 2 atom stereocenters. The monoisotopic (exact) mass is 228 g/mol. The predicted octanol–water partition coefficient (Wildman–Crippen LogP) is 2.70. The van der Waals surface area contributed by atoms with E-state index in [1.165, 1.54) is 18.4 Å². The third-order valence-corrected chi connectivity index (χ3v) is 3.14. The Morgan fingerprint density at radius 3 is 2.44 bits per heavy atom. The van der Waals surface area contributed by atoms with Crippen LogP contribution in [0, 0.1) is 17.8 Å². The summed E-state index contributed by atoms with van der Waals surface area (Å²) >= 11 is 0. The van der Waals surface area contributed by atoms with Crippen LogP contribution in [0.1, 0.15) is 40.5 Å². The van der Waals surface area contributed by atoms with Crippen LogP contribution in [0.4, 0.5) is 0 Å². The molecule has 2 unspecified atom stereocenters. The second-order valence-corrected chi connectivity index (χ2v) is 4.82. The van der Waals surface area contributed by atoms with Crippen molar-refractivity contribution in [3.05, 3.63) is 11.6 Å². The lowest BCUT2D eigenvalue weighted by molar-refractivity contribution is -0.134. The van der Waals surface area contributed by atoms with Gasteiger partial charge in [0.2, 0.25) is 0 Å². The van der Waals surface area contributed by atoms with Crippen LogP contribution >= 0.6 is 0 Å². The lowest BCUT2D eigenvalue weighted by Gasteiger charge is -2.29. The summed E-state index contributed by atoms with van der Waals surface area (Å²) in [6, 6.07) is 0. The fourth-order valence-electron chi connectivity index (χ4n) is 1.91. The average molecular weight is 228 g/mol. The molecule has 0 fully saturated rings. The first-order chi connectivity index (χ1) is 7.38. The first-order valence-corrected chi connectivity index (χ1v) is 5.85. The maximum atomic E-state index is 9.12. The molecular weight excluding hydrogens is 204 g/mol. The highest BCUT2D eigenvalue weighted by Crippen LogP contribution is 2.32. The Hall–Kier alpha value is -0.830. The molecule has 0 bridgehead atoms. The highest BCUT2D eigenvalue weighted by molar-refractivity contribution is 5.62. The van der Waals surface area contributed by atoms with Gasteiger partial charge in [-0.05, 0) is 31.6 Å². The third kappa shape index (κ3) is 5.91. The SMILES string of the molecule is CC(=O)O.CC1=CCC(C(C)C)CC1CO. The number of carboxylic acids is 1. The predicted molar refractivity (Wildman–Crippen MR) is 65.2 cm³/mol. The van der Waals surface area contributed by atoms with Gasteiger partial charge in [-0.1, -0.05) is 25.5 Å². The topological polar surface area (TPSA) is 57.5 Å². The Morgan fingerprint density at radius 2 is 2.06 bits per heavy atom. The van der Waals surface area contributed by atoms with Crippen LogP contribution in [0.2, 0.25) is 0 Å². The second-order valence-electron chi connectivity index (χ2n) is 4.82. The van der Waals surface area contributed by atoms with E-state index in [1.807, 2.05) is 0 Å². The number of aliphatic hydroxyl groups excluding tert-OH is 1. The zero-order chi connectivity index (χ0) is 12.7. The van der Waals surface area contributed by atoms with Crippen molar-refractivity contribution < 1.29 is 15.0 Å². The first kappa shape index (κ1) is 15.2. The Labute approximate surface area is 98.2 Å². The summed E-state index contributed by atoms with van der Waals surface area (Å²) in [5.74, 6) is 1.14. The third-order valence-electron chi connectivity index (χ3n) is 3.14. The van der Waals surface area contributed by atoms with E-state index in [2.05, 4.69) is 26.8 Å². The second kappa shape index (κ2) is 7.44. The van der Waals surface area contributed by atoms with Gasteiger partial charge in [0.05, 0.1) is 0 Å². The largest absolute Gasteiger partial charge is 0.481 e. The van der Waals surface area contributed by atoms with Crippen molar-refractivity contribution in [1.29, 1.82) is 0 Å². The van der Waals surface area contributed by atoms with Gasteiger partial charge >= 0.3 is 0 Å². The van der Waals surface area contributed by atoms with Crippen molar-refractivity contribution in [1.82, 2.24) is 0 Å². The molecule has 0 amide bonds. The first-order valence-electron chi connectivity index (χ1n) is 5.85. The normalized spacial score (nSPS) is 24.5. The fourth-order valence-corrected chi connectivity index (χ4v) is 1.91. The molecule has 0 spiro atoms. The van der Waals surface area contributed by atoms with Crippen LogP contribution in [0.5, 0.6) is 0 Å². The fraction of sp³-hybridized carbons (Fsp3) is 0.769. The maximum absolute atomic E-state index is 9.12. The van der Waals surface area contributed by atoms with E-state index in [0.717, 1.165) is 18.8 Å². The number of aliphatic carboxylic acids is 1. The smallest absolute Gasteiger partial charge is 0.300 e. The highest BCUT2D eigenvalue weighted by Gasteiger charge is 2.23. The number of rotatable bonds is 2. The molecule has 0 aliphatic heterocycles. The van der Waals surface area contributed by atoms with Crippen LogP contribution in [0.3, 0.4) is 0 Å². The van der Waals surface area contributed by atoms with E-state index in [1.54, 1.807) is 0 Å². The molecule has 0 aromatic rings. The summed E-state index contributed by atoms with van der Waals surface area (Å²) < 4.78 is 0. The number of allylic oxidation sites excluding steroid dienone is 1. The van der Waals surface area contributed by atoms with Gasteiger partial charge in [0.1, 0.15) is 0 Å². The average Bonchev–Trinajstić information content (AvgIpc) is 2.17. The van der Waals surface area contributed by atoms with E-state index in [-0.39, 0.29) is 0 Å². The van der Waals surface area contributed by atoms with Gasteiger partial charge < -0.3 is 10.2 Å². The van der Waals surface area contributed by atoms with Crippen LogP contribution in [0.25, 0.3) is 0 Å². The maximum Gasteiger partial charge on any atom is 0.300 e. The van der Waals surface area contributed by atoms with E-state index >= 15 is 0 Å². The minimum atomic E-state index is -0.833. The molecule has 1 rings (SSSR count). The molecule has 0 heterocycles. The summed E-state index contributed by atoms with van der Waals surface area (Å²) in [5, 5.41) is 16.5. The van der Waals surface area contributed by atoms with Gasteiger partial charge in [-0.3, -0.25) is 4.79 Å². The Balaban J connectivity index is 0.000000487. The van der Waals surface area contributed by atoms with E-state index in [9.17, 15) is 0 Å². The zero-order valence-corrected chi connectivity index (χ0v) is 10.7. The van der Waals surface area contributed by atoms with Gasteiger partial charge in [0.15, 0.2) is 0 Å². The number of hydrogen-bond donors (Lipinski definition) is 2. The minimum absolute atomic E-state index is 0.325. The molecule has 16 heavy (non-hydrogen) atoms.